The summed E-state index contributed by atoms with van der Waals surface area (Å²) in [5.41, 5.74) is 0.650. The molecule has 1 atom stereocenters. The number of likely N-dealkylation sites (N-methyl/N-ethyl adjacent to an activating group) is 1. The van der Waals surface area contributed by atoms with E-state index in [0.717, 1.165) is 6.42 Å². The number of urea groups is 1. The summed E-state index contributed by atoms with van der Waals surface area (Å²) in [6.45, 7) is 5.63. The lowest BCUT2D eigenvalue weighted by Gasteiger charge is -2.26. The Kier molecular flexibility index (Phi) is 11.5. The minimum Gasteiger partial charge on any atom is -0.395 e. The molecule has 10 nitrogen and oxygen atoms in total. The summed E-state index contributed by atoms with van der Waals surface area (Å²) in [5.74, 6) is 0.0561. The third-order valence-corrected chi connectivity index (χ3v) is 4.69. The number of aliphatic hydroxyl groups is 1. The number of nitrogens with one attached hydrogen (secondary N) is 2. The van der Waals surface area contributed by atoms with Crippen LogP contribution in [0.4, 0.5) is 10.5 Å². The van der Waals surface area contributed by atoms with Crippen molar-refractivity contribution in [3.63, 3.8) is 0 Å². The van der Waals surface area contributed by atoms with E-state index in [0.29, 0.717) is 31.1 Å². The molecule has 0 fully saturated rings. The van der Waals surface area contributed by atoms with Crippen molar-refractivity contribution in [1.82, 2.24) is 20.4 Å². The molecule has 0 radical (unpaired) electrons. The maximum Gasteiger partial charge on any atom is 0.318 e. The molecule has 0 aliphatic heterocycles. The molecule has 0 aliphatic carbocycles. The number of aliphatic hydroxyl groups excluding tert-OH is 1. The molecular formula is C21H35N5O5. The lowest BCUT2D eigenvalue weighted by Crippen LogP contribution is -2.53. The highest BCUT2D eigenvalue weighted by atomic mass is 16.6. The molecule has 0 spiro atoms. The number of amides is 3. The zero-order chi connectivity index (χ0) is 23.4. The highest BCUT2D eigenvalue weighted by Gasteiger charge is 2.24. The number of carbonyl (C=O) groups is 2. The molecule has 1 rings (SSSR count). The number of benzene rings is 1. The molecule has 1 aromatic carbocycles. The number of non-ortho nitro benzene ring substituents is 1. The zero-order valence-corrected chi connectivity index (χ0v) is 18.8. The number of rotatable bonds is 13. The molecular weight excluding hydrogens is 402 g/mol. The second-order valence-electron chi connectivity index (χ2n) is 8.12. The van der Waals surface area contributed by atoms with Crippen molar-refractivity contribution in [1.29, 1.82) is 0 Å². The van der Waals surface area contributed by atoms with Gasteiger partial charge < -0.3 is 25.5 Å². The quantitative estimate of drug-likeness (QED) is 0.315. The third kappa shape index (κ3) is 10.2. The molecule has 0 bridgehead atoms. The van der Waals surface area contributed by atoms with Crippen LogP contribution < -0.4 is 10.6 Å². The van der Waals surface area contributed by atoms with Crippen LogP contribution in [-0.2, 0) is 11.2 Å². The van der Waals surface area contributed by atoms with Crippen molar-refractivity contribution < 1.29 is 19.6 Å². The lowest BCUT2D eigenvalue weighted by atomic mass is 10.0. The van der Waals surface area contributed by atoms with Crippen molar-refractivity contribution in [2.45, 2.75) is 32.7 Å². The van der Waals surface area contributed by atoms with Crippen LogP contribution in [0.1, 0.15) is 25.8 Å². The molecule has 0 aromatic heterocycles. The first-order valence-electron chi connectivity index (χ1n) is 10.5. The Labute approximate surface area is 183 Å². The number of nitro groups is 1. The van der Waals surface area contributed by atoms with Crippen molar-refractivity contribution >= 4 is 17.6 Å². The van der Waals surface area contributed by atoms with Gasteiger partial charge in [-0.15, -0.1) is 0 Å². The Morgan fingerprint density at radius 2 is 1.77 bits per heavy atom. The molecule has 10 heteroatoms. The summed E-state index contributed by atoms with van der Waals surface area (Å²) in [4.78, 5) is 39.4. The predicted octanol–water partition coefficient (Wildman–Crippen LogP) is 1.23. The monoisotopic (exact) mass is 437 g/mol. The van der Waals surface area contributed by atoms with Gasteiger partial charge >= 0.3 is 6.03 Å². The van der Waals surface area contributed by atoms with Crippen molar-refractivity contribution in [3.05, 3.63) is 39.9 Å². The molecule has 0 saturated carbocycles. The van der Waals surface area contributed by atoms with E-state index in [1.807, 2.05) is 32.8 Å². The lowest BCUT2D eigenvalue weighted by molar-refractivity contribution is -0.384. The smallest absolute Gasteiger partial charge is 0.318 e. The standard InChI is InChI=1S/C21H35N5O5/c1-16(2)9-11-25(13-14-27)21(29)23-19(20(28)22-10-12-24(3)4)15-17-5-7-18(8-6-17)26(30)31/h5-8,16,19,27H,9-15H2,1-4H3,(H,22,28)(H,23,29)/t19-/m0/s1. The molecule has 0 heterocycles. The van der Waals surface area contributed by atoms with E-state index >= 15 is 0 Å². The maximum absolute atomic E-state index is 12.8. The van der Waals surface area contributed by atoms with Crippen LogP contribution >= 0.6 is 0 Å². The Morgan fingerprint density at radius 1 is 1.13 bits per heavy atom. The average Bonchev–Trinajstić information content (AvgIpc) is 2.70. The van der Waals surface area contributed by atoms with Gasteiger partial charge in [0, 0.05) is 44.7 Å². The van der Waals surface area contributed by atoms with Crippen LogP contribution in [-0.4, -0.2) is 84.7 Å². The van der Waals surface area contributed by atoms with Gasteiger partial charge in [-0.2, -0.15) is 0 Å². The van der Waals surface area contributed by atoms with E-state index in [1.54, 1.807) is 12.1 Å². The molecule has 0 unspecified atom stereocenters. The van der Waals surface area contributed by atoms with E-state index < -0.39 is 17.0 Å². The molecule has 3 amide bonds. The second kappa shape index (κ2) is 13.6. The van der Waals surface area contributed by atoms with Crippen molar-refractivity contribution in [3.8, 4) is 0 Å². The molecule has 31 heavy (non-hydrogen) atoms. The zero-order valence-electron chi connectivity index (χ0n) is 18.8. The van der Waals surface area contributed by atoms with Gasteiger partial charge in [0.05, 0.1) is 11.5 Å². The third-order valence-electron chi connectivity index (χ3n) is 4.69. The number of hydrogen-bond acceptors (Lipinski definition) is 6. The summed E-state index contributed by atoms with van der Waals surface area (Å²) in [5, 5.41) is 25.8. The Morgan fingerprint density at radius 3 is 2.29 bits per heavy atom. The van der Waals surface area contributed by atoms with E-state index in [2.05, 4.69) is 10.6 Å². The Balaban J connectivity index is 2.92. The van der Waals surface area contributed by atoms with Crippen LogP contribution in [0, 0.1) is 16.0 Å². The van der Waals surface area contributed by atoms with E-state index in [-0.39, 0.29) is 31.2 Å². The molecule has 0 aliphatic rings. The fraction of sp³-hybridized carbons (Fsp3) is 0.619. The van der Waals surface area contributed by atoms with E-state index in [4.69, 9.17) is 0 Å². The highest BCUT2D eigenvalue weighted by Crippen LogP contribution is 2.13. The largest absolute Gasteiger partial charge is 0.395 e. The van der Waals surface area contributed by atoms with Gasteiger partial charge in [-0.25, -0.2) is 4.79 Å². The van der Waals surface area contributed by atoms with Crippen LogP contribution in [0.5, 0.6) is 0 Å². The summed E-state index contributed by atoms with van der Waals surface area (Å²) < 4.78 is 0. The molecule has 3 N–H and O–H groups in total. The van der Waals surface area contributed by atoms with Gasteiger partial charge in [0.25, 0.3) is 5.69 Å². The highest BCUT2D eigenvalue weighted by molar-refractivity contribution is 5.87. The Hall–Kier alpha value is -2.72. The number of nitrogens with zero attached hydrogens (tertiary/aromatic N) is 3. The van der Waals surface area contributed by atoms with Crippen molar-refractivity contribution in [2.75, 3.05) is 46.9 Å². The van der Waals surface area contributed by atoms with Crippen LogP contribution in [0.15, 0.2) is 24.3 Å². The molecule has 0 saturated heterocycles. The summed E-state index contributed by atoms with van der Waals surface area (Å²) >= 11 is 0. The second-order valence-corrected chi connectivity index (χ2v) is 8.12. The van der Waals surface area contributed by atoms with Crippen LogP contribution in [0.3, 0.4) is 0 Å². The number of nitro benzene ring substituents is 1. The molecule has 174 valence electrons. The van der Waals surface area contributed by atoms with Gasteiger partial charge in [-0.3, -0.25) is 14.9 Å². The van der Waals surface area contributed by atoms with Gasteiger partial charge in [-0.1, -0.05) is 26.0 Å². The van der Waals surface area contributed by atoms with Gasteiger partial charge in [0.15, 0.2) is 0 Å². The average molecular weight is 438 g/mol. The predicted molar refractivity (Wildman–Crippen MR) is 119 cm³/mol. The minimum absolute atomic E-state index is 0.0393. The molecule has 1 aromatic rings. The summed E-state index contributed by atoms with van der Waals surface area (Å²) in [7, 11) is 3.79. The summed E-state index contributed by atoms with van der Waals surface area (Å²) in [6.07, 6.45) is 0.962. The van der Waals surface area contributed by atoms with Gasteiger partial charge in [-0.05, 0) is 32.0 Å². The fourth-order valence-corrected chi connectivity index (χ4v) is 2.81. The fourth-order valence-electron chi connectivity index (χ4n) is 2.81. The first-order chi connectivity index (χ1) is 14.6. The van der Waals surface area contributed by atoms with E-state index in [9.17, 15) is 24.8 Å². The maximum atomic E-state index is 12.8. The number of carbonyl (C=O) groups excluding carboxylic acids is 2. The van der Waals surface area contributed by atoms with Crippen LogP contribution in [0.2, 0.25) is 0 Å². The first kappa shape index (κ1) is 26.3. The van der Waals surface area contributed by atoms with Crippen molar-refractivity contribution in [2.24, 2.45) is 5.92 Å². The summed E-state index contributed by atoms with van der Waals surface area (Å²) in [6, 6.07) is 4.63. The van der Waals surface area contributed by atoms with E-state index in [1.165, 1.54) is 17.0 Å². The topological polar surface area (TPSA) is 128 Å². The number of hydrogen-bond donors (Lipinski definition) is 3. The first-order valence-corrected chi connectivity index (χ1v) is 10.5. The van der Waals surface area contributed by atoms with Gasteiger partial charge in [0.1, 0.15) is 6.04 Å². The van der Waals surface area contributed by atoms with Gasteiger partial charge in [0.2, 0.25) is 5.91 Å². The SMILES string of the molecule is CC(C)CCN(CCO)C(=O)N[C@@H](Cc1ccc([N+](=O)[O-])cc1)C(=O)NCCN(C)C. The Bertz CT molecular complexity index is 709. The van der Waals surface area contributed by atoms with Crippen LogP contribution in [0.25, 0.3) is 0 Å². The normalized spacial score (nSPS) is 12.0. The minimum atomic E-state index is -0.851.